The molecular weight excluding hydrogens is 184 g/mol. The Labute approximate surface area is 94.7 Å². The fraction of sp³-hybridized carbons (Fsp3) is 0.846. The Hall–Kier alpha value is -0.340. The molecule has 2 heteroatoms. The number of likely N-dealkylation sites (tertiary alicyclic amines) is 1. The van der Waals surface area contributed by atoms with E-state index in [2.05, 4.69) is 30.6 Å². The largest absolute Gasteiger partial charge is 0.319 e. The number of rotatable bonds is 6. The summed E-state index contributed by atoms with van der Waals surface area (Å²) in [4.78, 5) is 2.63. The molecule has 88 valence electrons. The van der Waals surface area contributed by atoms with Crippen molar-refractivity contribution in [1.29, 1.82) is 0 Å². The smallest absolute Gasteiger partial charge is 0.0135 e. The molecular formula is C13H26N2. The first-order valence-corrected chi connectivity index (χ1v) is 6.22. The number of hydrogen-bond donors (Lipinski definition) is 1. The van der Waals surface area contributed by atoms with E-state index < -0.39 is 0 Å². The molecule has 2 nitrogen and oxygen atoms in total. The molecule has 0 aromatic carbocycles. The second-order valence-corrected chi connectivity index (χ2v) is 4.94. The molecule has 15 heavy (non-hydrogen) atoms. The molecule has 1 N–H and O–H groups in total. The summed E-state index contributed by atoms with van der Waals surface area (Å²) in [6.07, 6.45) is 5.04. The highest BCUT2D eigenvalue weighted by atomic mass is 15.2. The maximum atomic E-state index is 4.18. The van der Waals surface area contributed by atoms with Gasteiger partial charge in [-0.1, -0.05) is 12.2 Å². The van der Waals surface area contributed by atoms with Gasteiger partial charge in [0.2, 0.25) is 0 Å². The van der Waals surface area contributed by atoms with Crippen LogP contribution in [0.15, 0.2) is 12.2 Å². The van der Waals surface area contributed by atoms with Gasteiger partial charge < -0.3 is 5.32 Å². The van der Waals surface area contributed by atoms with Crippen molar-refractivity contribution in [3.05, 3.63) is 12.2 Å². The van der Waals surface area contributed by atoms with Crippen LogP contribution in [-0.2, 0) is 0 Å². The Morgan fingerprint density at radius 3 is 2.87 bits per heavy atom. The third-order valence-corrected chi connectivity index (χ3v) is 3.34. The third kappa shape index (κ3) is 3.96. The summed E-state index contributed by atoms with van der Waals surface area (Å²) in [5.74, 6) is 0. The van der Waals surface area contributed by atoms with E-state index in [-0.39, 0.29) is 0 Å². The Kier molecular flexibility index (Phi) is 5.34. The monoisotopic (exact) mass is 210 g/mol. The highest BCUT2D eigenvalue weighted by Gasteiger charge is 2.26. The fourth-order valence-electron chi connectivity index (χ4n) is 2.49. The molecule has 1 saturated heterocycles. The summed E-state index contributed by atoms with van der Waals surface area (Å²) in [7, 11) is 2.00. The lowest BCUT2D eigenvalue weighted by Gasteiger charge is -2.28. The van der Waals surface area contributed by atoms with Gasteiger partial charge in [0.05, 0.1) is 0 Å². The molecule has 1 fully saturated rings. The molecule has 0 aromatic rings. The lowest BCUT2D eigenvalue weighted by Crippen LogP contribution is -2.35. The second kappa shape index (κ2) is 6.29. The molecule has 0 spiro atoms. The summed E-state index contributed by atoms with van der Waals surface area (Å²) in [6.45, 7) is 11.1. The van der Waals surface area contributed by atoms with E-state index in [4.69, 9.17) is 0 Å². The SMILES string of the molecule is C=C(CCNC)CC1CCCN1C(C)C. The summed E-state index contributed by atoms with van der Waals surface area (Å²) in [5.41, 5.74) is 1.40. The second-order valence-electron chi connectivity index (χ2n) is 4.94. The Bertz CT molecular complexity index is 199. The van der Waals surface area contributed by atoms with Gasteiger partial charge in [-0.2, -0.15) is 0 Å². The van der Waals surface area contributed by atoms with E-state index in [9.17, 15) is 0 Å². The standard InChI is InChI=1S/C13H26N2/c1-11(2)15-9-5-6-13(15)10-12(3)7-8-14-4/h11,13-14H,3,5-10H2,1-2,4H3. The summed E-state index contributed by atoms with van der Waals surface area (Å²) in [5, 5.41) is 3.18. The van der Waals surface area contributed by atoms with Crippen molar-refractivity contribution in [3.8, 4) is 0 Å². The third-order valence-electron chi connectivity index (χ3n) is 3.34. The van der Waals surface area contributed by atoms with Crippen LogP contribution in [0.2, 0.25) is 0 Å². The summed E-state index contributed by atoms with van der Waals surface area (Å²) in [6, 6.07) is 1.45. The van der Waals surface area contributed by atoms with Gasteiger partial charge in [-0.05, 0) is 59.7 Å². The van der Waals surface area contributed by atoms with Crippen LogP contribution >= 0.6 is 0 Å². The quantitative estimate of drug-likeness (QED) is 0.677. The zero-order chi connectivity index (χ0) is 11.3. The predicted octanol–water partition coefficient (Wildman–Crippen LogP) is 2.42. The number of nitrogens with zero attached hydrogens (tertiary/aromatic N) is 1. The number of hydrogen-bond acceptors (Lipinski definition) is 2. The van der Waals surface area contributed by atoms with Gasteiger partial charge >= 0.3 is 0 Å². The average Bonchev–Trinajstić information content (AvgIpc) is 2.62. The van der Waals surface area contributed by atoms with E-state index in [1.165, 1.54) is 31.4 Å². The molecule has 1 unspecified atom stereocenters. The highest BCUT2D eigenvalue weighted by Crippen LogP contribution is 2.25. The number of nitrogens with one attached hydrogen (secondary N) is 1. The van der Waals surface area contributed by atoms with Crippen LogP contribution in [0.25, 0.3) is 0 Å². The van der Waals surface area contributed by atoms with E-state index >= 15 is 0 Å². The van der Waals surface area contributed by atoms with E-state index in [1.807, 2.05) is 7.05 Å². The maximum Gasteiger partial charge on any atom is 0.0135 e. The lowest BCUT2D eigenvalue weighted by atomic mass is 10.0. The van der Waals surface area contributed by atoms with Crippen LogP contribution in [0.1, 0.15) is 39.5 Å². The first kappa shape index (κ1) is 12.7. The van der Waals surface area contributed by atoms with Crippen molar-refractivity contribution in [2.24, 2.45) is 0 Å². The van der Waals surface area contributed by atoms with Crippen molar-refractivity contribution in [2.45, 2.75) is 51.6 Å². The maximum absolute atomic E-state index is 4.18. The molecule has 1 rings (SSSR count). The van der Waals surface area contributed by atoms with Gasteiger partial charge in [0.15, 0.2) is 0 Å². The molecule has 1 heterocycles. The van der Waals surface area contributed by atoms with Gasteiger partial charge in [-0.3, -0.25) is 4.90 Å². The topological polar surface area (TPSA) is 15.3 Å². The summed E-state index contributed by atoms with van der Waals surface area (Å²) >= 11 is 0. The molecule has 1 aliphatic heterocycles. The minimum atomic E-state index is 0.689. The lowest BCUT2D eigenvalue weighted by molar-refractivity contribution is 0.202. The fourth-order valence-corrected chi connectivity index (χ4v) is 2.49. The molecule has 0 aliphatic carbocycles. The van der Waals surface area contributed by atoms with Crippen molar-refractivity contribution in [1.82, 2.24) is 10.2 Å². The predicted molar refractivity (Wildman–Crippen MR) is 67.2 cm³/mol. The highest BCUT2D eigenvalue weighted by molar-refractivity contribution is 5.00. The minimum Gasteiger partial charge on any atom is -0.319 e. The molecule has 1 atom stereocenters. The van der Waals surface area contributed by atoms with Crippen LogP contribution < -0.4 is 5.32 Å². The van der Waals surface area contributed by atoms with E-state index in [0.29, 0.717) is 6.04 Å². The van der Waals surface area contributed by atoms with Crippen LogP contribution in [0.5, 0.6) is 0 Å². The molecule has 0 bridgehead atoms. The van der Waals surface area contributed by atoms with Crippen LogP contribution in [0.4, 0.5) is 0 Å². The normalized spacial score (nSPS) is 22.5. The minimum absolute atomic E-state index is 0.689. The molecule has 0 aromatic heterocycles. The van der Waals surface area contributed by atoms with Gasteiger partial charge in [-0.25, -0.2) is 0 Å². The Morgan fingerprint density at radius 2 is 2.27 bits per heavy atom. The zero-order valence-electron chi connectivity index (χ0n) is 10.6. The van der Waals surface area contributed by atoms with Gasteiger partial charge in [0.1, 0.15) is 0 Å². The zero-order valence-corrected chi connectivity index (χ0v) is 10.6. The van der Waals surface area contributed by atoms with Gasteiger partial charge in [0.25, 0.3) is 0 Å². The first-order chi connectivity index (χ1) is 7.15. The van der Waals surface area contributed by atoms with Crippen LogP contribution in [0.3, 0.4) is 0 Å². The van der Waals surface area contributed by atoms with Crippen molar-refractivity contribution >= 4 is 0 Å². The van der Waals surface area contributed by atoms with E-state index in [0.717, 1.165) is 19.0 Å². The summed E-state index contributed by atoms with van der Waals surface area (Å²) < 4.78 is 0. The average molecular weight is 210 g/mol. The van der Waals surface area contributed by atoms with Gasteiger partial charge in [0, 0.05) is 12.1 Å². The van der Waals surface area contributed by atoms with Crippen molar-refractivity contribution < 1.29 is 0 Å². The Morgan fingerprint density at radius 1 is 1.53 bits per heavy atom. The van der Waals surface area contributed by atoms with Crippen molar-refractivity contribution in [3.63, 3.8) is 0 Å². The van der Waals surface area contributed by atoms with Crippen LogP contribution in [-0.4, -0.2) is 37.1 Å². The Balaban J connectivity index is 2.33. The van der Waals surface area contributed by atoms with Crippen LogP contribution in [0, 0.1) is 0 Å². The van der Waals surface area contributed by atoms with E-state index in [1.54, 1.807) is 0 Å². The molecule has 0 saturated carbocycles. The van der Waals surface area contributed by atoms with Gasteiger partial charge in [-0.15, -0.1) is 0 Å². The molecule has 1 aliphatic rings. The molecule has 0 amide bonds. The molecule has 0 radical (unpaired) electrons. The first-order valence-electron chi connectivity index (χ1n) is 6.22. The van der Waals surface area contributed by atoms with Crippen molar-refractivity contribution in [2.75, 3.05) is 20.1 Å².